The van der Waals surface area contributed by atoms with Crippen molar-refractivity contribution in [2.75, 3.05) is 0 Å². The van der Waals surface area contributed by atoms with Crippen molar-refractivity contribution in [3.05, 3.63) is 57.4 Å². The average molecular weight is 304 g/mol. The third-order valence-corrected chi connectivity index (χ3v) is 4.05. The molecule has 20 heavy (non-hydrogen) atoms. The Bertz CT molecular complexity index is 819. The molecule has 0 aliphatic rings. The van der Waals surface area contributed by atoms with Crippen LogP contribution in [-0.2, 0) is 0 Å². The first-order chi connectivity index (χ1) is 9.66. The van der Waals surface area contributed by atoms with Gasteiger partial charge in [-0.1, -0.05) is 17.7 Å². The van der Waals surface area contributed by atoms with E-state index in [1.54, 1.807) is 28.3 Å². The summed E-state index contributed by atoms with van der Waals surface area (Å²) in [6.45, 7) is 1.90. The van der Waals surface area contributed by atoms with Gasteiger partial charge in [0.05, 0.1) is 11.2 Å². The molecule has 0 saturated carbocycles. The number of carbonyl (C=O) groups is 1. The van der Waals surface area contributed by atoms with Gasteiger partial charge in [-0.3, -0.25) is 9.20 Å². The minimum absolute atomic E-state index is 0.179. The van der Waals surface area contributed by atoms with Crippen molar-refractivity contribution in [1.29, 1.82) is 0 Å². The molecule has 0 aromatic carbocycles. The predicted octanol–water partition coefficient (Wildman–Crippen LogP) is 3.65. The number of halogens is 1. The number of allylic oxidation sites excluding steroid dienone is 1. The van der Waals surface area contributed by atoms with Gasteiger partial charge in [0, 0.05) is 11.1 Å². The standard InChI is InChI=1S/C14H10ClN3OS/c1-9-11(20-8-16-9)6-5-10(19)13-14(15)17-12-4-2-3-7-18(12)13/h2-8H,1H3. The van der Waals surface area contributed by atoms with Crippen LogP contribution >= 0.6 is 22.9 Å². The third-order valence-electron chi connectivity index (χ3n) is 2.89. The van der Waals surface area contributed by atoms with Crippen LogP contribution in [0.2, 0.25) is 5.15 Å². The summed E-state index contributed by atoms with van der Waals surface area (Å²) in [6.07, 6.45) is 5.03. The van der Waals surface area contributed by atoms with E-state index in [9.17, 15) is 4.79 Å². The minimum Gasteiger partial charge on any atom is -0.295 e. The number of fused-ring (bicyclic) bond motifs is 1. The molecule has 0 N–H and O–H groups in total. The highest BCUT2D eigenvalue weighted by molar-refractivity contribution is 7.10. The van der Waals surface area contributed by atoms with Gasteiger partial charge in [0.25, 0.3) is 0 Å². The number of nitrogens with zero attached hydrogens (tertiary/aromatic N) is 3. The number of carbonyl (C=O) groups excluding carboxylic acids is 1. The molecule has 0 spiro atoms. The molecule has 0 aliphatic carbocycles. The summed E-state index contributed by atoms with van der Waals surface area (Å²) in [5, 5.41) is 0.215. The van der Waals surface area contributed by atoms with Crippen LogP contribution in [0, 0.1) is 6.92 Å². The summed E-state index contributed by atoms with van der Waals surface area (Å²) in [5.74, 6) is -0.179. The third kappa shape index (κ3) is 2.26. The fourth-order valence-corrected chi connectivity index (χ4v) is 2.85. The smallest absolute Gasteiger partial charge is 0.205 e. The lowest BCUT2D eigenvalue weighted by Crippen LogP contribution is -2.00. The summed E-state index contributed by atoms with van der Waals surface area (Å²) >= 11 is 7.55. The molecular formula is C14H10ClN3OS. The first-order valence-corrected chi connectivity index (χ1v) is 7.17. The van der Waals surface area contributed by atoms with Crippen molar-refractivity contribution in [2.45, 2.75) is 6.92 Å². The van der Waals surface area contributed by atoms with Crippen LogP contribution in [0.25, 0.3) is 11.7 Å². The van der Waals surface area contributed by atoms with Crippen molar-refractivity contribution < 1.29 is 4.79 Å². The van der Waals surface area contributed by atoms with Gasteiger partial charge in [-0.25, -0.2) is 9.97 Å². The van der Waals surface area contributed by atoms with Crippen molar-refractivity contribution in [3.63, 3.8) is 0 Å². The van der Waals surface area contributed by atoms with Crippen LogP contribution in [-0.4, -0.2) is 20.2 Å². The first kappa shape index (κ1) is 13.0. The van der Waals surface area contributed by atoms with Gasteiger partial charge in [0.2, 0.25) is 5.78 Å². The van der Waals surface area contributed by atoms with Crippen molar-refractivity contribution in [1.82, 2.24) is 14.4 Å². The maximum absolute atomic E-state index is 12.3. The van der Waals surface area contributed by atoms with Gasteiger partial charge in [-0.15, -0.1) is 11.3 Å². The SMILES string of the molecule is Cc1ncsc1C=CC(=O)c1c(Cl)nc2ccccn12. The molecule has 0 bridgehead atoms. The molecule has 0 aliphatic heterocycles. The molecule has 0 unspecified atom stereocenters. The van der Waals surface area contributed by atoms with Gasteiger partial charge in [0.15, 0.2) is 5.15 Å². The Hall–Kier alpha value is -1.98. The van der Waals surface area contributed by atoms with E-state index in [4.69, 9.17) is 11.6 Å². The van der Waals surface area contributed by atoms with Crippen LogP contribution in [0.15, 0.2) is 36.0 Å². The lowest BCUT2D eigenvalue weighted by atomic mass is 10.2. The summed E-state index contributed by atoms with van der Waals surface area (Å²) in [6, 6.07) is 5.49. The van der Waals surface area contributed by atoms with E-state index in [1.165, 1.54) is 17.4 Å². The van der Waals surface area contributed by atoms with Crippen LogP contribution in [0.4, 0.5) is 0 Å². The number of hydrogen-bond donors (Lipinski definition) is 0. The van der Waals surface area contributed by atoms with Crippen LogP contribution in [0.3, 0.4) is 0 Å². The number of ketones is 1. The molecule has 3 rings (SSSR count). The van der Waals surface area contributed by atoms with Gasteiger partial charge in [-0.05, 0) is 31.2 Å². The lowest BCUT2D eigenvalue weighted by Gasteiger charge is -1.97. The predicted molar refractivity (Wildman–Crippen MR) is 80.4 cm³/mol. The number of imidazole rings is 1. The van der Waals surface area contributed by atoms with Crippen LogP contribution < -0.4 is 0 Å². The van der Waals surface area contributed by atoms with Crippen molar-refractivity contribution in [3.8, 4) is 0 Å². The number of aromatic nitrogens is 3. The largest absolute Gasteiger partial charge is 0.295 e. The molecule has 0 fully saturated rings. The van der Waals surface area contributed by atoms with E-state index in [0.29, 0.717) is 11.3 Å². The Morgan fingerprint density at radius 1 is 1.45 bits per heavy atom. The minimum atomic E-state index is -0.179. The molecule has 6 heteroatoms. The maximum Gasteiger partial charge on any atom is 0.205 e. The van der Waals surface area contributed by atoms with Crippen molar-refractivity contribution in [2.24, 2.45) is 0 Å². The number of rotatable bonds is 3. The molecule has 100 valence electrons. The van der Waals surface area contributed by atoms with E-state index >= 15 is 0 Å². The fraction of sp³-hybridized carbons (Fsp3) is 0.0714. The molecule has 0 atom stereocenters. The van der Waals surface area contributed by atoms with Gasteiger partial charge < -0.3 is 0 Å². The monoisotopic (exact) mass is 303 g/mol. The molecule has 4 nitrogen and oxygen atoms in total. The second kappa shape index (κ2) is 5.19. The Balaban J connectivity index is 1.99. The zero-order chi connectivity index (χ0) is 14.1. The maximum atomic E-state index is 12.3. The molecule has 0 amide bonds. The summed E-state index contributed by atoms with van der Waals surface area (Å²) in [5.41, 5.74) is 3.69. The van der Waals surface area contributed by atoms with E-state index in [0.717, 1.165) is 10.6 Å². The fourth-order valence-electron chi connectivity index (χ4n) is 1.89. The summed E-state index contributed by atoms with van der Waals surface area (Å²) in [7, 11) is 0. The summed E-state index contributed by atoms with van der Waals surface area (Å²) in [4.78, 5) is 21.6. The summed E-state index contributed by atoms with van der Waals surface area (Å²) < 4.78 is 1.69. The second-order valence-electron chi connectivity index (χ2n) is 4.18. The van der Waals surface area contributed by atoms with E-state index in [1.807, 2.05) is 19.1 Å². The quantitative estimate of drug-likeness (QED) is 0.548. The first-order valence-electron chi connectivity index (χ1n) is 5.92. The Morgan fingerprint density at radius 3 is 3.05 bits per heavy atom. The molecular weight excluding hydrogens is 294 g/mol. The number of pyridine rings is 1. The normalized spacial score (nSPS) is 11.5. The van der Waals surface area contributed by atoms with E-state index in [-0.39, 0.29) is 10.9 Å². The zero-order valence-corrected chi connectivity index (χ0v) is 12.1. The van der Waals surface area contributed by atoms with Crippen LogP contribution in [0.1, 0.15) is 21.1 Å². The highest BCUT2D eigenvalue weighted by Gasteiger charge is 2.15. The highest BCUT2D eigenvalue weighted by atomic mass is 35.5. The number of aryl methyl sites for hydroxylation is 1. The number of thiazole rings is 1. The van der Waals surface area contributed by atoms with Gasteiger partial charge >= 0.3 is 0 Å². The molecule has 3 heterocycles. The number of hydrogen-bond acceptors (Lipinski definition) is 4. The van der Waals surface area contributed by atoms with E-state index < -0.39 is 0 Å². The van der Waals surface area contributed by atoms with Gasteiger partial charge in [0.1, 0.15) is 11.3 Å². The zero-order valence-electron chi connectivity index (χ0n) is 10.6. The molecule has 0 saturated heterocycles. The molecule has 0 radical (unpaired) electrons. The topological polar surface area (TPSA) is 47.3 Å². The van der Waals surface area contributed by atoms with Crippen molar-refractivity contribution >= 4 is 40.4 Å². The molecule has 3 aromatic rings. The Morgan fingerprint density at radius 2 is 2.30 bits per heavy atom. The lowest BCUT2D eigenvalue weighted by molar-refractivity contribution is 0.104. The highest BCUT2D eigenvalue weighted by Crippen LogP contribution is 2.20. The van der Waals surface area contributed by atoms with E-state index in [2.05, 4.69) is 9.97 Å². The molecule has 3 aromatic heterocycles. The Labute approximate surface area is 124 Å². The van der Waals surface area contributed by atoms with Gasteiger partial charge in [-0.2, -0.15) is 0 Å². The average Bonchev–Trinajstić information content (AvgIpc) is 2.98. The second-order valence-corrected chi connectivity index (χ2v) is 5.42. The Kier molecular flexibility index (Phi) is 3.38. The van der Waals surface area contributed by atoms with Crippen LogP contribution in [0.5, 0.6) is 0 Å².